The zero-order valence-electron chi connectivity index (χ0n) is 23.9. The monoisotopic (exact) mass is 626 g/mol. The van der Waals surface area contributed by atoms with Gasteiger partial charge >= 0.3 is 6.55 Å². The summed E-state index contributed by atoms with van der Waals surface area (Å²) in [5, 5.41) is 1.07. The van der Waals surface area contributed by atoms with E-state index in [0.717, 1.165) is 11.1 Å². The van der Waals surface area contributed by atoms with Gasteiger partial charge in [-0.25, -0.2) is 8.42 Å². The Hall–Kier alpha value is -2.00. The molecule has 1 aliphatic heterocycles. The Labute approximate surface area is 252 Å². The van der Waals surface area contributed by atoms with Crippen molar-refractivity contribution in [3.63, 3.8) is 0 Å². The van der Waals surface area contributed by atoms with Crippen LogP contribution in [0.2, 0.25) is 10.0 Å². The zero-order valence-corrected chi connectivity index (χ0v) is 26.2. The average Bonchev–Trinajstić information content (AvgIpc) is 3.72. The topological polar surface area (TPSA) is 57.7 Å². The number of hydrogen-bond acceptors (Lipinski definition) is 3. The van der Waals surface area contributed by atoms with Crippen molar-refractivity contribution in [3.8, 4) is 0 Å². The predicted octanol–water partition coefficient (Wildman–Crippen LogP) is 8.06. The van der Waals surface area contributed by atoms with E-state index in [9.17, 15) is 22.0 Å². The molecule has 1 saturated carbocycles. The first-order chi connectivity index (χ1) is 19.1. The largest absolute Gasteiger partial charge is 0.330 e. The van der Waals surface area contributed by atoms with Gasteiger partial charge in [0.2, 0.25) is 15.9 Å². The Morgan fingerprint density at radius 1 is 1.10 bits per heavy atom. The van der Waals surface area contributed by atoms with E-state index < -0.39 is 45.4 Å². The van der Waals surface area contributed by atoms with E-state index in [2.05, 4.69) is 6.58 Å². The standard InChI is InChI=1S/C31H38Cl2F2N2O3S/c1-6-16-31(5)18-25(22-8-7-9-24(33)17-22)27(21-12-14-23(32)15-13-21)37(28(31)38)26(20-10-11-20)19-36(29(34)35)41(39,40)30(2,3)4/h6-9,12-15,17,20,25-27,29H,1,10-11,16,18-19H2,2-5H3. The third-order valence-electron chi connectivity index (χ3n) is 8.38. The van der Waals surface area contributed by atoms with Crippen molar-refractivity contribution in [2.75, 3.05) is 6.54 Å². The van der Waals surface area contributed by atoms with Crippen LogP contribution in [-0.2, 0) is 14.8 Å². The molecular weight excluding hydrogens is 589 g/mol. The van der Waals surface area contributed by atoms with Gasteiger partial charge < -0.3 is 4.90 Å². The van der Waals surface area contributed by atoms with Gasteiger partial charge in [-0.2, -0.15) is 8.78 Å². The highest BCUT2D eigenvalue weighted by atomic mass is 35.5. The van der Waals surface area contributed by atoms with E-state index >= 15 is 0 Å². The lowest BCUT2D eigenvalue weighted by Crippen LogP contribution is -2.60. The lowest BCUT2D eigenvalue weighted by Gasteiger charge is -2.53. The molecular formula is C31H38Cl2F2N2O3S. The number of hydrogen-bond donors (Lipinski definition) is 0. The van der Waals surface area contributed by atoms with Crippen LogP contribution in [0.3, 0.4) is 0 Å². The predicted molar refractivity (Wildman–Crippen MR) is 161 cm³/mol. The van der Waals surface area contributed by atoms with Crippen molar-refractivity contribution >= 4 is 39.1 Å². The molecule has 2 aliphatic rings. The summed E-state index contributed by atoms with van der Waals surface area (Å²) in [6.07, 6.45) is 3.99. The number of amides is 1. The van der Waals surface area contributed by atoms with Crippen molar-refractivity contribution in [1.29, 1.82) is 0 Å². The summed E-state index contributed by atoms with van der Waals surface area (Å²) in [4.78, 5) is 16.3. The lowest BCUT2D eigenvalue weighted by molar-refractivity contribution is -0.156. The number of likely N-dealkylation sites (tertiary alicyclic amines) is 1. The molecule has 0 bridgehead atoms. The fourth-order valence-electron chi connectivity index (χ4n) is 6.02. The Bertz CT molecular complexity index is 1380. The number of benzene rings is 2. The van der Waals surface area contributed by atoms with E-state index in [-0.39, 0.29) is 22.0 Å². The molecule has 4 unspecified atom stereocenters. The Kier molecular flexibility index (Phi) is 9.30. The van der Waals surface area contributed by atoms with Crippen molar-refractivity contribution in [1.82, 2.24) is 9.21 Å². The first-order valence-electron chi connectivity index (χ1n) is 13.8. The van der Waals surface area contributed by atoms with Crippen LogP contribution in [-0.4, -0.2) is 47.4 Å². The number of allylic oxidation sites excluding steroid dienone is 1. The van der Waals surface area contributed by atoms with E-state index in [4.69, 9.17) is 23.2 Å². The van der Waals surface area contributed by atoms with E-state index in [1.807, 2.05) is 37.3 Å². The normalized spacial score (nSPS) is 24.6. The van der Waals surface area contributed by atoms with Crippen molar-refractivity contribution in [2.24, 2.45) is 11.3 Å². The van der Waals surface area contributed by atoms with Crippen molar-refractivity contribution in [2.45, 2.75) is 82.7 Å². The highest BCUT2D eigenvalue weighted by Crippen LogP contribution is 2.54. The molecule has 2 aromatic carbocycles. The summed E-state index contributed by atoms with van der Waals surface area (Å²) in [6, 6.07) is 13.3. The summed E-state index contributed by atoms with van der Waals surface area (Å²) >= 11 is 12.7. The fraction of sp³-hybridized carbons (Fsp3) is 0.516. The van der Waals surface area contributed by atoms with Gasteiger partial charge in [0, 0.05) is 28.5 Å². The van der Waals surface area contributed by atoms with Gasteiger partial charge in [0.25, 0.3) is 0 Å². The number of carbonyl (C=O) groups excluding carboxylic acids is 1. The fourth-order valence-corrected chi connectivity index (χ4v) is 7.60. The van der Waals surface area contributed by atoms with Crippen LogP contribution in [0.1, 0.15) is 76.5 Å². The van der Waals surface area contributed by atoms with Crippen LogP contribution in [0.15, 0.2) is 61.2 Å². The van der Waals surface area contributed by atoms with Crippen molar-refractivity contribution < 1.29 is 22.0 Å². The lowest BCUT2D eigenvalue weighted by atomic mass is 9.67. The molecule has 2 fully saturated rings. The molecule has 0 radical (unpaired) electrons. The molecule has 0 aromatic heterocycles. The number of piperidine rings is 1. The van der Waals surface area contributed by atoms with E-state index in [1.54, 1.807) is 29.2 Å². The van der Waals surface area contributed by atoms with E-state index in [0.29, 0.717) is 35.7 Å². The summed E-state index contributed by atoms with van der Waals surface area (Å²) in [5.41, 5.74) is 0.817. The first-order valence-corrected chi connectivity index (χ1v) is 16.0. The smallest absolute Gasteiger partial charge is 0.307 e. The molecule has 0 N–H and O–H groups in total. The first kappa shape index (κ1) is 31.9. The van der Waals surface area contributed by atoms with Gasteiger partial charge in [-0.3, -0.25) is 4.79 Å². The molecule has 1 amide bonds. The number of rotatable bonds is 10. The number of nitrogens with zero attached hydrogens (tertiary/aromatic N) is 2. The quantitative estimate of drug-likeness (QED) is 0.198. The second kappa shape index (κ2) is 11.9. The SMILES string of the molecule is C=CCC1(C)CC(c2cccc(Cl)c2)C(c2ccc(Cl)cc2)N(C(CN(C(F)F)S(=O)(=O)C(C)(C)C)C2CC2)C1=O. The Morgan fingerprint density at radius 3 is 2.24 bits per heavy atom. The van der Waals surface area contributed by atoms with Crippen LogP contribution in [0.25, 0.3) is 0 Å². The Morgan fingerprint density at radius 2 is 1.73 bits per heavy atom. The molecule has 1 aliphatic carbocycles. The molecule has 0 spiro atoms. The summed E-state index contributed by atoms with van der Waals surface area (Å²) < 4.78 is 54.7. The van der Waals surface area contributed by atoms with Gasteiger partial charge in [0.15, 0.2) is 0 Å². The summed E-state index contributed by atoms with van der Waals surface area (Å²) in [5.74, 6) is -0.566. The zero-order chi connectivity index (χ0) is 30.3. The van der Waals surface area contributed by atoms with Gasteiger partial charge in [0.05, 0.1) is 16.2 Å². The van der Waals surface area contributed by atoms with Gasteiger partial charge in [-0.1, -0.05) is 60.5 Å². The highest BCUT2D eigenvalue weighted by molar-refractivity contribution is 7.90. The molecule has 5 nitrogen and oxygen atoms in total. The maximum Gasteiger partial charge on any atom is 0.307 e. The van der Waals surface area contributed by atoms with Crippen LogP contribution in [0.4, 0.5) is 8.78 Å². The maximum atomic E-state index is 14.6. The Balaban J connectivity index is 1.93. The molecule has 2 aromatic rings. The minimum atomic E-state index is -4.40. The van der Waals surface area contributed by atoms with Crippen molar-refractivity contribution in [3.05, 3.63) is 82.4 Å². The molecule has 4 rings (SSSR count). The van der Waals surface area contributed by atoms with Crippen LogP contribution in [0.5, 0.6) is 0 Å². The van der Waals surface area contributed by atoms with Crippen LogP contribution in [0, 0.1) is 11.3 Å². The highest BCUT2D eigenvalue weighted by Gasteiger charge is 2.55. The van der Waals surface area contributed by atoms with Gasteiger partial charge in [-0.05, 0) is 87.8 Å². The molecule has 4 atom stereocenters. The molecule has 41 heavy (non-hydrogen) atoms. The molecule has 10 heteroatoms. The molecule has 1 heterocycles. The number of sulfonamides is 1. The molecule has 1 saturated heterocycles. The number of alkyl halides is 2. The second-order valence-electron chi connectivity index (χ2n) is 12.5. The van der Waals surface area contributed by atoms with E-state index in [1.165, 1.54) is 20.8 Å². The summed E-state index contributed by atoms with van der Waals surface area (Å²) in [6.45, 7) is 6.23. The van der Waals surface area contributed by atoms with Crippen LogP contribution >= 0.6 is 23.2 Å². The summed E-state index contributed by atoms with van der Waals surface area (Å²) in [7, 11) is -4.40. The van der Waals surface area contributed by atoms with Crippen LogP contribution < -0.4 is 0 Å². The minimum Gasteiger partial charge on any atom is -0.330 e. The van der Waals surface area contributed by atoms with Gasteiger partial charge in [-0.15, -0.1) is 10.9 Å². The minimum absolute atomic E-state index is 0.115. The number of carbonyl (C=O) groups is 1. The third-order valence-corrected chi connectivity index (χ3v) is 11.3. The average molecular weight is 628 g/mol. The second-order valence-corrected chi connectivity index (χ2v) is 16.0. The van der Waals surface area contributed by atoms with Gasteiger partial charge in [0.1, 0.15) is 0 Å². The maximum absolute atomic E-state index is 14.6. The number of halogens is 4. The molecule has 224 valence electrons. The third kappa shape index (κ3) is 6.51.